The van der Waals surface area contributed by atoms with Gasteiger partial charge in [-0.1, -0.05) is 6.07 Å². The van der Waals surface area contributed by atoms with Crippen molar-refractivity contribution in [3.8, 4) is 16.9 Å². The Balaban J connectivity index is 2.58. The Hall–Kier alpha value is -2.43. The van der Waals surface area contributed by atoms with Gasteiger partial charge in [-0.15, -0.1) is 0 Å². The third kappa shape index (κ3) is 2.15. The molecular weight excluding hydrogens is 242 g/mol. The highest BCUT2D eigenvalue weighted by Crippen LogP contribution is 2.27. The second-order valence-electron chi connectivity index (χ2n) is 3.67. The number of halogens is 2. The predicted octanol–water partition coefficient (Wildman–Crippen LogP) is 3.04. The molecule has 0 aliphatic rings. The molecule has 18 heavy (non-hydrogen) atoms. The zero-order chi connectivity index (χ0) is 13.3. The summed E-state index contributed by atoms with van der Waals surface area (Å²) >= 11 is 0. The van der Waals surface area contributed by atoms with Crippen LogP contribution < -0.4 is 0 Å². The van der Waals surface area contributed by atoms with E-state index in [0.29, 0.717) is 0 Å². The van der Waals surface area contributed by atoms with E-state index in [1.54, 1.807) is 0 Å². The summed E-state index contributed by atoms with van der Waals surface area (Å²) in [6.07, 6.45) is 0. The molecule has 0 amide bonds. The Kier molecular flexibility index (Phi) is 2.97. The lowest BCUT2D eigenvalue weighted by Crippen LogP contribution is -1.97. The Labute approximate surface area is 101 Å². The first kappa shape index (κ1) is 12.0. The number of phenols is 1. The zero-order valence-corrected chi connectivity index (χ0v) is 9.02. The van der Waals surface area contributed by atoms with E-state index in [-0.39, 0.29) is 16.7 Å². The molecule has 2 aromatic carbocycles. The van der Waals surface area contributed by atoms with Gasteiger partial charge in [0, 0.05) is 5.56 Å². The minimum atomic E-state index is -1.20. The highest BCUT2D eigenvalue weighted by molar-refractivity contribution is 5.89. The summed E-state index contributed by atoms with van der Waals surface area (Å²) in [6.45, 7) is 0. The van der Waals surface area contributed by atoms with E-state index in [1.165, 1.54) is 6.07 Å². The van der Waals surface area contributed by atoms with Crippen LogP contribution in [0.15, 0.2) is 36.4 Å². The van der Waals surface area contributed by atoms with Crippen LogP contribution >= 0.6 is 0 Å². The van der Waals surface area contributed by atoms with Gasteiger partial charge in [-0.25, -0.2) is 13.6 Å². The maximum absolute atomic E-state index is 13.6. The molecule has 0 heterocycles. The van der Waals surface area contributed by atoms with Crippen molar-refractivity contribution in [1.29, 1.82) is 0 Å². The summed E-state index contributed by atoms with van der Waals surface area (Å²) in [5.74, 6) is -3.30. The van der Waals surface area contributed by atoms with E-state index >= 15 is 0 Å². The first-order valence-corrected chi connectivity index (χ1v) is 5.01. The molecule has 2 aromatic rings. The Morgan fingerprint density at radius 1 is 1.00 bits per heavy atom. The monoisotopic (exact) mass is 250 g/mol. The van der Waals surface area contributed by atoms with Crippen LogP contribution in [0.25, 0.3) is 11.1 Å². The van der Waals surface area contributed by atoms with Crippen LogP contribution in [-0.2, 0) is 0 Å². The number of aromatic hydroxyl groups is 1. The second-order valence-corrected chi connectivity index (χ2v) is 3.67. The Bertz CT molecular complexity index is 624. The van der Waals surface area contributed by atoms with Crippen LogP contribution in [0.4, 0.5) is 8.78 Å². The standard InChI is InChI=1S/C13H8F2O3/c14-10-3-1-8(13(17)18)5-9(10)7-2-4-12(16)11(15)6-7/h1-6,16H,(H,17,18). The van der Waals surface area contributed by atoms with E-state index in [1.807, 2.05) is 0 Å². The number of carbonyl (C=O) groups is 1. The van der Waals surface area contributed by atoms with E-state index in [0.717, 1.165) is 30.3 Å². The molecule has 5 heteroatoms. The summed E-state index contributed by atoms with van der Waals surface area (Å²) in [5.41, 5.74) is 0.0274. The number of benzene rings is 2. The number of carboxylic acid groups (broad SMARTS) is 1. The van der Waals surface area contributed by atoms with Gasteiger partial charge >= 0.3 is 5.97 Å². The van der Waals surface area contributed by atoms with Gasteiger partial charge in [0.2, 0.25) is 0 Å². The molecule has 2 rings (SSSR count). The van der Waals surface area contributed by atoms with Gasteiger partial charge in [-0.2, -0.15) is 0 Å². The van der Waals surface area contributed by atoms with Gasteiger partial charge in [0.15, 0.2) is 11.6 Å². The summed E-state index contributed by atoms with van der Waals surface area (Å²) in [4.78, 5) is 10.8. The number of phenolic OH excluding ortho intramolecular Hbond substituents is 1. The van der Waals surface area contributed by atoms with E-state index in [9.17, 15) is 13.6 Å². The fourth-order valence-electron chi connectivity index (χ4n) is 1.55. The van der Waals surface area contributed by atoms with Gasteiger partial charge < -0.3 is 10.2 Å². The van der Waals surface area contributed by atoms with Crippen molar-refractivity contribution in [1.82, 2.24) is 0 Å². The van der Waals surface area contributed by atoms with E-state index in [2.05, 4.69) is 0 Å². The maximum Gasteiger partial charge on any atom is 0.335 e. The predicted molar refractivity (Wildman–Crippen MR) is 60.4 cm³/mol. The van der Waals surface area contributed by atoms with E-state index < -0.39 is 23.4 Å². The number of hydrogen-bond acceptors (Lipinski definition) is 2. The lowest BCUT2D eigenvalue weighted by molar-refractivity contribution is 0.0697. The molecule has 3 nitrogen and oxygen atoms in total. The summed E-state index contributed by atoms with van der Waals surface area (Å²) in [5, 5.41) is 17.8. The average molecular weight is 250 g/mol. The molecule has 0 radical (unpaired) electrons. The van der Waals surface area contributed by atoms with Gasteiger partial charge in [-0.3, -0.25) is 0 Å². The van der Waals surface area contributed by atoms with Gasteiger partial charge in [-0.05, 0) is 35.9 Å². The molecule has 0 saturated heterocycles. The SMILES string of the molecule is O=C(O)c1ccc(F)c(-c2ccc(O)c(F)c2)c1. The third-order valence-corrected chi connectivity index (χ3v) is 2.47. The van der Waals surface area contributed by atoms with Gasteiger partial charge in [0.25, 0.3) is 0 Å². The largest absolute Gasteiger partial charge is 0.505 e. The smallest absolute Gasteiger partial charge is 0.335 e. The first-order chi connectivity index (χ1) is 8.49. The van der Waals surface area contributed by atoms with Crippen LogP contribution in [-0.4, -0.2) is 16.2 Å². The maximum atomic E-state index is 13.6. The Morgan fingerprint density at radius 2 is 1.72 bits per heavy atom. The molecule has 0 fully saturated rings. The van der Waals surface area contributed by atoms with Crippen LogP contribution in [0, 0.1) is 11.6 Å². The molecule has 0 spiro atoms. The topological polar surface area (TPSA) is 57.5 Å². The lowest BCUT2D eigenvalue weighted by atomic mass is 10.0. The number of hydrogen-bond donors (Lipinski definition) is 2. The third-order valence-electron chi connectivity index (χ3n) is 2.47. The first-order valence-electron chi connectivity index (χ1n) is 5.01. The van der Waals surface area contributed by atoms with Crippen molar-refractivity contribution in [2.45, 2.75) is 0 Å². The van der Waals surface area contributed by atoms with Crippen molar-refractivity contribution < 1.29 is 23.8 Å². The second kappa shape index (κ2) is 4.44. The Morgan fingerprint density at radius 3 is 2.33 bits per heavy atom. The van der Waals surface area contributed by atoms with Crippen molar-refractivity contribution in [2.75, 3.05) is 0 Å². The summed E-state index contributed by atoms with van der Waals surface area (Å²) < 4.78 is 26.7. The van der Waals surface area contributed by atoms with Crippen molar-refractivity contribution in [3.63, 3.8) is 0 Å². The zero-order valence-electron chi connectivity index (χ0n) is 9.02. The molecular formula is C13H8F2O3. The van der Waals surface area contributed by atoms with Crippen LogP contribution in [0.2, 0.25) is 0 Å². The quantitative estimate of drug-likeness (QED) is 0.861. The minimum absolute atomic E-state index is 0.0335. The fourth-order valence-corrected chi connectivity index (χ4v) is 1.55. The average Bonchev–Trinajstić information content (AvgIpc) is 2.33. The van der Waals surface area contributed by atoms with Crippen LogP contribution in [0.3, 0.4) is 0 Å². The summed E-state index contributed by atoms with van der Waals surface area (Å²) in [7, 11) is 0. The molecule has 92 valence electrons. The molecule has 0 atom stereocenters. The minimum Gasteiger partial charge on any atom is -0.505 e. The lowest BCUT2D eigenvalue weighted by Gasteiger charge is -2.06. The fraction of sp³-hybridized carbons (Fsp3) is 0. The van der Waals surface area contributed by atoms with Crippen LogP contribution in [0.5, 0.6) is 5.75 Å². The molecule has 0 aliphatic carbocycles. The highest BCUT2D eigenvalue weighted by atomic mass is 19.1. The number of rotatable bonds is 2. The number of aromatic carboxylic acids is 1. The molecule has 0 aliphatic heterocycles. The van der Waals surface area contributed by atoms with Gasteiger partial charge in [0.1, 0.15) is 5.82 Å². The highest BCUT2D eigenvalue weighted by Gasteiger charge is 2.11. The van der Waals surface area contributed by atoms with Crippen molar-refractivity contribution in [3.05, 3.63) is 53.6 Å². The van der Waals surface area contributed by atoms with Crippen molar-refractivity contribution >= 4 is 5.97 Å². The van der Waals surface area contributed by atoms with Crippen LogP contribution in [0.1, 0.15) is 10.4 Å². The molecule has 0 saturated carbocycles. The summed E-state index contributed by atoms with van der Waals surface area (Å²) in [6, 6.07) is 6.57. The molecule has 2 N–H and O–H groups in total. The number of carboxylic acids is 1. The van der Waals surface area contributed by atoms with E-state index in [4.69, 9.17) is 10.2 Å². The van der Waals surface area contributed by atoms with Gasteiger partial charge in [0.05, 0.1) is 5.56 Å². The normalized spacial score (nSPS) is 10.3. The molecule has 0 bridgehead atoms. The molecule has 0 unspecified atom stereocenters. The molecule has 0 aromatic heterocycles. The van der Waals surface area contributed by atoms with Crippen molar-refractivity contribution in [2.24, 2.45) is 0 Å².